The maximum atomic E-state index is 13.6. The van der Waals surface area contributed by atoms with E-state index < -0.39 is 60.9 Å². The van der Waals surface area contributed by atoms with Crippen molar-refractivity contribution < 1.29 is 49.3 Å². The first kappa shape index (κ1) is 27.4. The lowest BCUT2D eigenvalue weighted by Crippen LogP contribution is -2.51. The fourth-order valence-corrected chi connectivity index (χ4v) is 4.58. The van der Waals surface area contributed by atoms with E-state index in [0.29, 0.717) is 5.69 Å². The number of rotatable bonds is 8. The number of hydrogen-bond donors (Lipinski definition) is 5. The number of hydrogen-bond acceptors (Lipinski definition) is 13. The summed E-state index contributed by atoms with van der Waals surface area (Å²) in [5.41, 5.74) is 0.123. The zero-order valence-corrected chi connectivity index (χ0v) is 20.8. The number of amides is 1. The maximum Gasteiger partial charge on any atom is 0.407 e. The lowest BCUT2D eigenvalue weighted by molar-refractivity contribution is -0.283. The van der Waals surface area contributed by atoms with Crippen molar-refractivity contribution in [2.24, 2.45) is 7.05 Å². The number of aliphatic hydroxyl groups is 3. The number of nitrogens with one attached hydrogen (secondary N) is 1. The van der Waals surface area contributed by atoms with E-state index in [1.807, 2.05) is 0 Å². The third kappa shape index (κ3) is 4.38. The van der Waals surface area contributed by atoms with Crippen molar-refractivity contribution >= 4 is 29.0 Å². The number of fused-ring (bicyclic) bond motifs is 2. The predicted octanol–water partition coefficient (Wildman–Crippen LogP) is -2.40. The molecule has 4 heterocycles. The highest BCUT2D eigenvalue weighted by Gasteiger charge is 2.44. The van der Waals surface area contributed by atoms with E-state index in [1.54, 1.807) is 14.0 Å². The van der Waals surface area contributed by atoms with E-state index in [-0.39, 0.29) is 29.1 Å². The number of carbonyl (C=O) groups is 2. The predicted molar refractivity (Wildman–Crippen MR) is 124 cm³/mol. The van der Waals surface area contributed by atoms with Crippen molar-refractivity contribution in [2.45, 2.75) is 50.0 Å². The van der Waals surface area contributed by atoms with Crippen molar-refractivity contribution in [1.29, 1.82) is 0 Å². The van der Waals surface area contributed by atoms with Crippen LogP contribution in [0.3, 0.4) is 0 Å². The molecule has 1 fully saturated rings. The van der Waals surface area contributed by atoms with E-state index in [1.165, 1.54) is 19.9 Å². The molecule has 3 aromatic rings. The molecule has 1 unspecified atom stereocenters. The van der Waals surface area contributed by atoms with Crippen molar-refractivity contribution in [1.82, 2.24) is 28.8 Å². The van der Waals surface area contributed by atoms with Gasteiger partial charge in [-0.1, -0.05) is 0 Å². The summed E-state index contributed by atoms with van der Waals surface area (Å²) in [6.07, 6.45) is -6.36. The third-order valence-corrected chi connectivity index (χ3v) is 6.55. The Morgan fingerprint density at radius 2 is 1.95 bits per heavy atom. The normalized spacial score (nSPS) is 23.1. The van der Waals surface area contributed by atoms with Crippen LogP contribution >= 0.6 is 0 Å². The topological polar surface area (TPSA) is 221 Å². The van der Waals surface area contributed by atoms with Gasteiger partial charge < -0.3 is 34.8 Å². The van der Waals surface area contributed by atoms with Gasteiger partial charge in [-0.05, 0) is 6.92 Å². The van der Waals surface area contributed by atoms with Gasteiger partial charge in [0, 0.05) is 13.5 Å². The van der Waals surface area contributed by atoms with Crippen LogP contribution in [0.2, 0.25) is 0 Å². The second kappa shape index (κ2) is 10.6. The highest BCUT2D eigenvalue weighted by atomic mass is 17.1. The van der Waals surface area contributed by atoms with Crippen LogP contribution in [0.15, 0.2) is 11.1 Å². The molecule has 0 bridgehead atoms. The van der Waals surface area contributed by atoms with Gasteiger partial charge in [-0.2, -0.15) is 0 Å². The summed E-state index contributed by atoms with van der Waals surface area (Å²) in [7, 11) is 3.75. The van der Waals surface area contributed by atoms with E-state index >= 15 is 0 Å². The van der Waals surface area contributed by atoms with E-state index in [0.717, 1.165) is 14.2 Å². The second-order valence-corrected chi connectivity index (χ2v) is 8.68. The molecule has 0 aliphatic carbocycles. The Labute approximate surface area is 213 Å². The number of imidazole rings is 2. The summed E-state index contributed by atoms with van der Waals surface area (Å²) in [5, 5.41) is 41.9. The number of ether oxygens (including phenoxy) is 3. The highest BCUT2D eigenvalue weighted by molar-refractivity contribution is 5.82. The van der Waals surface area contributed by atoms with Gasteiger partial charge in [0.05, 0.1) is 38.5 Å². The first-order valence-corrected chi connectivity index (χ1v) is 11.4. The van der Waals surface area contributed by atoms with E-state index in [4.69, 9.17) is 9.47 Å². The molecule has 0 radical (unpaired) electrons. The van der Waals surface area contributed by atoms with E-state index in [9.17, 15) is 35.0 Å². The van der Waals surface area contributed by atoms with Gasteiger partial charge in [-0.15, -0.1) is 0 Å². The molecule has 1 aliphatic rings. The van der Waals surface area contributed by atoms with Crippen molar-refractivity contribution in [3.05, 3.63) is 28.1 Å². The smallest absolute Gasteiger partial charge is 0.407 e. The largest absolute Gasteiger partial charge is 0.467 e. The molecular weight excluding hydrogens is 512 g/mol. The second-order valence-electron chi connectivity index (χ2n) is 8.68. The number of carbonyl (C=O) groups excluding carboxylic acids is 2. The van der Waals surface area contributed by atoms with Crippen LogP contribution in [0.4, 0.5) is 4.79 Å². The van der Waals surface area contributed by atoms with Crippen LogP contribution < -0.4 is 10.9 Å². The Balaban J connectivity index is 1.81. The Morgan fingerprint density at radius 3 is 2.53 bits per heavy atom. The fraction of sp³-hybridized carbons (Fsp3) is 0.571. The SMILES string of the molecule is COC(=O)N[C@H](C(=O)OC)C(Cc1c(C)nc2n(C)c3c(ncn3[C@@H]3O[C@H](CO)[C@@H](O)[C@H]3O)c(=O)n12)OO. The maximum absolute atomic E-state index is 13.6. The number of aryl methyl sites for hydroxylation is 2. The molecule has 0 saturated carbocycles. The number of nitrogens with zero attached hydrogens (tertiary/aromatic N) is 5. The van der Waals surface area contributed by atoms with Crippen LogP contribution in [0.25, 0.3) is 16.9 Å². The zero-order valence-electron chi connectivity index (χ0n) is 20.8. The number of aromatic nitrogens is 5. The van der Waals surface area contributed by atoms with Crippen LogP contribution in [-0.2, 0) is 37.4 Å². The molecule has 17 nitrogen and oxygen atoms in total. The molecule has 4 rings (SSSR count). The molecule has 17 heteroatoms. The minimum Gasteiger partial charge on any atom is -0.467 e. The Bertz CT molecular complexity index is 1410. The molecule has 1 saturated heterocycles. The minimum atomic E-state index is -1.50. The number of alkyl carbamates (subject to hydrolysis) is 1. The molecule has 3 aromatic heterocycles. The Kier molecular flexibility index (Phi) is 7.68. The van der Waals surface area contributed by atoms with Crippen molar-refractivity contribution in [3.8, 4) is 0 Å². The Morgan fingerprint density at radius 1 is 1.24 bits per heavy atom. The summed E-state index contributed by atoms with van der Waals surface area (Å²) in [5.74, 6) is -0.802. The number of esters is 1. The third-order valence-electron chi connectivity index (χ3n) is 6.55. The fourth-order valence-electron chi connectivity index (χ4n) is 4.58. The lowest BCUT2D eigenvalue weighted by Gasteiger charge is -2.23. The minimum absolute atomic E-state index is 0.0462. The van der Waals surface area contributed by atoms with Gasteiger partial charge in [-0.3, -0.25) is 19.2 Å². The summed E-state index contributed by atoms with van der Waals surface area (Å²) in [6, 6.07) is -1.50. The quantitative estimate of drug-likeness (QED) is 0.114. The van der Waals surface area contributed by atoms with Gasteiger partial charge in [0.25, 0.3) is 5.56 Å². The monoisotopic (exact) mass is 540 g/mol. The summed E-state index contributed by atoms with van der Waals surface area (Å²) >= 11 is 0. The van der Waals surface area contributed by atoms with Crippen molar-refractivity contribution in [2.75, 3.05) is 20.8 Å². The highest BCUT2D eigenvalue weighted by Crippen LogP contribution is 2.31. The molecule has 1 amide bonds. The zero-order chi connectivity index (χ0) is 27.9. The average Bonchev–Trinajstić information content (AvgIpc) is 3.58. The van der Waals surface area contributed by atoms with Crippen LogP contribution in [0.1, 0.15) is 17.6 Å². The molecular formula is C21H28N6O11. The summed E-state index contributed by atoms with van der Waals surface area (Å²) in [4.78, 5) is 50.8. The lowest BCUT2D eigenvalue weighted by atomic mass is 10.0. The molecule has 38 heavy (non-hydrogen) atoms. The molecule has 0 aromatic carbocycles. The van der Waals surface area contributed by atoms with Gasteiger partial charge in [0.15, 0.2) is 23.4 Å². The van der Waals surface area contributed by atoms with Crippen molar-refractivity contribution in [3.63, 3.8) is 0 Å². The Hall–Kier alpha value is -3.61. The standard InChI is InChI=1S/C21H28N6O11/c1-8-9(5-10(38-34)12(19(32)35-3)24-21(33)36-4)27-17(31)13-16(25(2)20(27)23-8)26(7-22-13)18-15(30)14(29)11(6-28)37-18/h7,10-12,14-15,18,28-30,34H,5-6H2,1-4H3,(H,24,33)/t10?,11-,12+,14-,15-,18-/m1/s1. The molecule has 208 valence electrons. The molecule has 5 N–H and O–H groups in total. The van der Waals surface area contributed by atoms with Gasteiger partial charge in [0.2, 0.25) is 5.78 Å². The first-order valence-electron chi connectivity index (χ1n) is 11.4. The van der Waals surface area contributed by atoms with E-state index in [2.05, 4.69) is 24.9 Å². The van der Waals surface area contributed by atoms with Crippen LogP contribution in [0.5, 0.6) is 0 Å². The van der Waals surface area contributed by atoms with Crippen LogP contribution in [-0.4, -0.2) is 107 Å². The van der Waals surface area contributed by atoms with Crippen LogP contribution in [0, 0.1) is 6.92 Å². The average molecular weight is 540 g/mol. The molecule has 1 aliphatic heterocycles. The number of aliphatic hydroxyl groups excluding tert-OH is 3. The molecule has 6 atom stereocenters. The number of methoxy groups -OCH3 is 2. The van der Waals surface area contributed by atoms with Gasteiger partial charge >= 0.3 is 12.1 Å². The molecule has 0 spiro atoms. The first-order chi connectivity index (χ1) is 18.1. The summed E-state index contributed by atoms with van der Waals surface area (Å²) in [6.45, 7) is 1.06. The summed E-state index contributed by atoms with van der Waals surface area (Å²) < 4.78 is 18.9. The van der Waals surface area contributed by atoms with Gasteiger partial charge in [0.1, 0.15) is 24.4 Å². The van der Waals surface area contributed by atoms with Gasteiger partial charge in [-0.25, -0.2) is 28.8 Å².